The second kappa shape index (κ2) is 44.3. The molecule has 88 valence electrons. The van der Waals surface area contributed by atoms with Gasteiger partial charge in [-0.15, -0.1) is 0 Å². The van der Waals surface area contributed by atoms with E-state index in [1.165, 1.54) is 0 Å². The van der Waals surface area contributed by atoms with Crippen LogP contribution in [0.4, 0.5) is 0 Å². The normalized spacial score (nSPS) is 4.21. The Morgan fingerprint density at radius 2 is 0.714 bits per heavy atom. The Kier molecular flexibility index (Phi) is 278. The molecule has 14 heavy (non-hydrogen) atoms. The summed E-state index contributed by atoms with van der Waals surface area (Å²) in [6.45, 7) is 0. The monoisotopic (exact) mass is 300 g/mol. The Labute approximate surface area is 165 Å². The van der Waals surface area contributed by atoms with E-state index >= 15 is 0 Å². The molecule has 0 saturated heterocycles. The maximum atomic E-state index is 8.66. The molecule has 0 atom stereocenters. The van der Waals surface area contributed by atoms with Crippen molar-refractivity contribution in [2.45, 2.75) is 0 Å². The molecule has 0 radical (unpaired) electrons. The maximum absolute atomic E-state index is 8.66. The molecule has 0 aromatic heterocycles. The average molecular weight is 300 g/mol. The minimum atomic E-state index is -5.14. The van der Waals surface area contributed by atoms with Crippen molar-refractivity contribution in [1.82, 2.24) is 0 Å². The van der Waals surface area contributed by atoms with E-state index in [1.807, 2.05) is 0 Å². The fraction of sp³-hybridized carbons (Fsp3) is 0. The van der Waals surface area contributed by atoms with E-state index in [1.54, 1.807) is 0 Å². The van der Waals surface area contributed by atoms with Crippen molar-refractivity contribution in [3.63, 3.8) is 0 Å². The molecule has 0 aliphatic carbocycles. The first-order valence-corrected chi connectivity index (χ1v) is 2.24. The average Bonchev–Trinajstić information content (AvgIpc) is 0.722. The van der Waals surface area contributed by atoms with Crippen molar-refractivity contribution in [3.05, 3.63) is 0 Å². The molecular formula is H15K2O11P. The van der Waals surface area contributed by atoms with Gasteiger partial charge >= 0.3 is 103 Å². The van der Waals surface area contributed by atoms with Gasteiger partial charge in [0.05, 0.1) is 7.82 Å². The zero-order chi connectivity index (χ0) is 4.50. The van der Waals surface area contributed by atoms with E-state index in [-0.39, 0.29) is 141 Å². The Bertz CT molecular complexity index is 59.4. The minimum absolute atomic E-state index is 0. The van der Waals surface area contributed by atoms with Gasteiger partial charge in [-0.05, 0) is 0 Å². The number of phosphoric acid groups is 1. The maximum Gasteiger partial charge on any atom is 1.00 e. The predicted octanol–water partition coefficient (Wildman–Crippen LogP) is -14.0. The van der Waals surface area contributed by atoms with Crippen molar-refractivity contribution >= 4 is 7.82 Å². The topological polar surface area (TPSA) is 304 Å². The van der Waals surface area contributed by atoms with Gasteiger partial charge < -0.3 is 57.6 Å². The van der Waals surface area contributed by atoms with Crippen LogP contribution < -0.4 is 113 Å². The Hall–Kier alpha value is 3.10. The standard InChI is InChI=1S/2K.H3O4P.7H2O/c;;1-5(2,3)4;;;;;;;/h;;(H3,1,2,3,4);7*1H2/q2*+1;;;;;;;;/p-2. The van der Waals surface area contributed by atoms with E-state index < -0.39 is 7.82 Å². The smallest absolute Gasteiger partial charge is 0.790 e. The van der Waals surface area contributed by atoms with Gasteiger partial charge in [-0.1, -0.05) is 0 Å². The molecule has 0 spiro atoms. The van der Waals surface area contributed by atoms with Crippen LogP contribution in [0.5, 0.6) is 0 Å². The zero-order valence-electron chi connectivity index (χ0n) is 7.62. The van der Waals surface area contributed by atoms with Crippen LogP contribution in [0.3, 0.4) is 0 Å². The third kappa shape index (κ3) is 312. The van der Waals surface area contributed by atoms with E-state index in [9.17, 15) is 0 Å². The fourth-order valence-corrected chi connectivity index (χ4v) is 0. The zero-order valence-corrected chi connectivity index (χ0v) is 14.8. The second-order valence-electron chi connectivity index (χ2n) is 0.469. The summed E-state index contributed by atoms with van der Waals surface area (Å²) >= 11 is 0. The molecule has 0 aliphatic rings. The molecule has 0 amide bonds. The third-order valence-electron chi connectivity index (χ3n) is 0. The van der Waals surface area contributed by atoms with Gasteiger partial charge in [0.1, 0.15) is 0 Å². The molecule has 0 bridgehead atoms. The van der Waals surface area contributed by atoms with Crippen LogP contribution in [0.1, 0.15) is 0 Å². The summed E-state index contributed by atoms with van der Waals surface area (Å²) in [6.07, 6.45) is 0. The van der Waals surface area contributed by atoms with Crippen LogP contribution in [0, 0.1) is 0 Å². The van der Waals surface area contributed by atoms with Gasteiger partial charge in [0.2, 0.25) is 0 Å². The van der Waals surface area contributed by atoms with E-state index in [0.29, 0.717) is 0 Å². The molecule has 0 rings (SSSR count). The quantitative estimate of drug-likeness (QED) is 0.336. The summed E-state index contributed by atoms with van der Waals surface area (Å²) in [4.78, 5) is 24.3. The molecule has 0 aromatic carbocycles. The fourth-order valence-electron chi connectivity index (χ4n) is 0. The first-order valence-electron chi connectivity index (χ1n) is 0.748. The molecule has 0 unspecified atom stereocenters. The molecule has 0 aliphatic heterocycles. The van der Waals surface area contributed by atoms with Gasteiger partial charge in [-0.3, -0.25) is 0 Å². The summed E-state index contributed by atoms with van der Waals surface area (Å²) < 4.78 is 8.66. The van der Waals surface area contributed by atoms with Crippen LogP contribution in [-0.2, 0) is 4.57 Å². The summed E-state index contributed by atoms with van der Waals surface area (Å²) in [6, 6.07) is 0. The predicted molar refractivity (Wildman–Crippen MR) is 35.1 cm³/mol. The first kappa shape index (κ1) is 87.9. The van der Waals surface area contributed by atoms with E-state index in [4.69, 9.17) is 19.2 Å². The summed E-state index contributed by atoms with van der Waals surface area (Å²) in [5, 5.41) is 0. The molecule has 0 saturated carbocycles. The SMILES string of the molecule is O.O.O.O.O.O.O.O=P([O-])([O-])O.[K+].[K+]. The second-order valence-corrected chi connectivity index (χ2v) is 1.41. The van der Waals surface area contributed by atoms with E-state index in [2.05, 4.69) is 0 Å². The first-order chi connectivity index (χ1) is 2.00. The summed E-state index contributed by atoms with van der Waals surface area (Å²) in [7, 11) is -5.14. The Balaban J connectivity index is -0.00000000222. The summed E-state index contributed by atoms with van der Waals surface area (Å²) in [5.74, 6) is 0. The molecular weight excluding hydrogens is 285 g/mol. The van der Waals surface area contributed by atoms with Gasteiger partial charge in [0.25, 0.3) is 0 Å². The Morgan fingerprint density at radius 1 is 0.714 bits per heavy atom. The van der Waals surface area contributed by atoms with E-state index in [0.717, 1.165) is 0 Å². The molecule has 0 aromatic rings. The van der Waals surface area contributed by atoms with Crippen LogP contribution in [0.2, 0.25) is 0 Å². The van der Waals surface area contributed by atoms with Gasteiger partial charge in [0.15, 0.2) is 0 Å². The van der Waals surface area contributed by atoms with Crippen LogP contribution in [0.15, 0.2) is 0 Å². The van der Waals surface area contributed by atoms with Gasteiger partial charge in [0, 0.05) is 0 Å². The molecule has 0 fully saturated rings. The van der Waals surface area contributed by atoms with Crippen LogP contribution >= 0.6 is 7.82 Å². The summed E-state index contributed by atoms with van der Waals surface area (Å²) in [5.41, 5.74) is 0. The van der Waals surface area contributed by atoms with Crippen molar-refractivity contribution in [1.29, 1.82) is 0 Å². The minimum Gasteiger partial charge on any atom is -0.790 e. The van der Waals surface area contributed by atoms with Gasteiger partial charge in [-0.25, -0.2) is 0 Å². The third-order valence-corrected chi connectivity index (χ3v) is 0. The Morgan fingerprint density at radius 3 is 0.714 bits per heavy atom. The van der Waals surface area contributed by atoms with Crippen LogP contribution in [-0.4, -0.2) is 43.2 Å². The van der Waals surface area contributed by atoms with Crippen molar-refractivity contribution in [3.8, 4) is 0 Å². The van der Waals surface area contributed by atoms with Crippen molar-refractivity contribution < 1.29 is 160 Å². The number of rotatable bonds is 0. The molecule has 14 heteroatoms. The largest absolute Gasteiger partial charge is 1.00 e. The number of hydrogen-bond acceptors (Lipinski definition) is 3. The van der Waals surface area contributed by atoms with Gasteiger partial charge in [-0.2, -0.15) is 0 Å². The molecule has 15 N–H and O–H groups in total. The molecule has 11 nitrogen and oxygen atoms in total. The van der Waals surface area contributed by atoms with Crippen molar-refractivity contribution in [2.24, 2.45) is 0 Å². The van der Waals surface area contributed by atoms with Crippen LogP contribution in [0.25, 0.3) is 0 Å². The van der Waals surface area contributed by atoms with Crippen molar-refractivity contribution in [2.75, 3.05) is 0 Å². The number of hydrogen-bond donors (Lipinski definition) is 1. The molecule has 0 heterocycles.